The van der Waals surface area contributed by atoms with Crippen molar-refractivity contribution < 1.29 is 9.53 Å². The van der Waals surface area contributed by atoms with Crippen LogP contribution >= 0.6 is 11.6 Å². The predicted octanol–water partition coefficient (Wildman–Crippen LogP) is 3.10. The summed E-state index contributed by atoms with van der Waals surface area (Å²) < 4.78 is 5.25. The third-order valence-electron chi connectivity index (χ3n) is 2.36. The Morgan fingerprint density at radius 2 is 2.00 bits per heavy atom. The maximum Gasteiger partial charge on any atom is 0.141 e. The first kappa shape index (κ1) is 12.1. The molecule has 15 heavy (non-hydrogen) atoms. The van der Waals surface area contributed by atoms with Gasteiger partial charge in [-0.1, -0.05) is 17.7 Å². The number of ether oxygens (including phenoxy) is 1. The Hall–Kier alpha value is -1.02. The minimum absolute atomic E-state index is 0.108. The zero-order chi connectivity index (χ0) is 11.6. The number of carbonyl (C=O) groups excluding carboxylic acids is 1. The van der Waals surface area contributed by atoms with Gasteiger partial charge in [-0.3, -0.25) is 4.79 Å². The van der Waals surface area contributed by atoms with Gasteiger partial charge < -0.3 is 4.74 Å². The van der Waals surface area contributed by atoms with E-state index < -0.39 is 0 Å². The van der Waals surface area contributed by atoms with Gasteiger partial charge in [0.2, 0.25) is 0 Å². The van der Waals surface area contributed by atoms with E-state index >= 15 is 0 Å². The average Bonchev–Trinajstić information content (AvgIpc) is 2.14. The van der Waals surface area contributed by atoms with Crippen LogP contribution in [0.3, 0.4) is 0 Å². The molecule has 82 valence electrons. The minimum atomic E-state index is 0.108. The summed E-state index contributed by atoms with van der Waals surface area (Å²) in [5, 5.41) is 0.597. The van der Waals surface area contributed by atoms with Crippen LogP contribution in [0.1, 0.15) is 23.6 Å². The Kier molecular flexibility index (Phi) is 3.75. The molecular formula is C12H15ClO2. The van der Waals surface area contributed by atoms with E-state index in [9.17, 15) is 4.79 Å². The second-order valence-corrected chi connectivity index (χ2v) is 4.09. The highest BCUT2D eigenvalue weighted by Gasteiger charge is 2.14. The van der Waals surface area contributed by atoms with Crippen molar-refractivity contribution in [2.45, 2.75) is 27.2 Å². The summed E-state index contributed by atoms with van der Waals surface area (Å²) in [6.07, 6.45) is 0.370. The second kappa shape index (κ2) is 4.67. The van der Waals surface area contributed by atoms with Gasteiger partial charge in [-0.2, -0.15) is 0 Å². The monoisotopic (exact) mass is 226 g/mol. The van der Waals surface area contributed by atoms with E-state index in [1.54, 1.807) is 14.0 Å². The Morgan fingerprint density at radius 3 is 2.47 bits per heavy atom. The molecular weight excluding hydrogens is 212 g/mol. The summed E-state index contributed by atoms with van der Waals surface area (Å²) in [5.41, 5.74) is 2.91. The Labute approximate surface area is 95.2 Å². The van der Waals surface area contributed by atoms with Crippen molar-refractivity contribution in [3.63, 3.8) is 0 Å². The first-order valence-electron chi connectivity index (χ1n) is 4.79. The quantitative estimate of drug-likeness (QED) is 0.792. The molecule has 0 aromatic heterocycles. The number of methoxy groups -OCH3 is 1. The molecule has 0 atom stereocenters. The van der Waals surface area contributed by atoms with Crippen molar-refractivity contribution in [3.8, 4) is 5.75 Å². The minimum Gasteiger partial charge on any atom is -0.495 e. The fourth-order valence-corrected chi connectivity index (χ4v) is 1.89. The number of hydrogen-bond donors (Lipinski definition) is 0. The van der Waals surface area contributed by atoms with Crippen molar-refractivity contribution in [1.82, 2.24) is 0 Å². The molecule has 1 aromatic carbocycles. The van der Waals surface area contributed by atoms with Crippen LogP contribution in [-0.4, -0.2) is 12.9 Å². The molecule has 0 radical (unpaired) electrons. The average molecular weight is 227 g/mol. The maximum atomic E-state index is 11.1. The molecule has 0 amide bonds. The zero-order valence-electron chi connectivity index (χ0n) is 9.48. The standard InChI is InChI=1S/C12H15ClO2/c1-7-5-8(2)11(13)12(15-4)10(7)6-9(3)14/h5H,6H2,1-4H3. The molecule has 0 aliphatic rings. The Morgan fingerprint density at radius 1 is 1.40 bits per heavy atom. The van der Waals surface area contributed by atoms with Crippen molar-refractivity contribution >= 4 is 17.4 Å². The molecule has 0 spiro atoms. The number of Topliss-reactive ketones (excluding diaryl/α,β-unsaturated/α-hetero) is 1. The number of halogens is 1. The number of ketones is 1. The summed E-state index contributed by atoms with van der Waals surface area (Å²) in [6, 6.07) is 1.98. The van der Waals surface area contributed by atoms with E-state index in [4.69, 9.17) is 16.3 Å². The van der Waals surface area contributed by atoms with Crippen LogP contribution in [0.2, 0.25) is 5.02 Å². The van der Waals surface area contributed by atoms with Gasteiger partial charge in [0.05, 0.1) is 12.1 Å². The van der Waals surface area contributed by atoms with Crippen molar-refractivity contribution in [2.75, 3.05) is 7.11 Å². The lowest BCUT2D eigenvalue weighted by molar-refractivity contribution is -0.116. The SMILES string of the molecule is COc1c(Cl)c(C)cc(C)c1CC(C)=O. The van der Waals surface area contributed by atoms with Gasteiger partial charge in [0.15, 0.2) is 0 Å². The molecule has 0 fully saturated rings. The van der Waals surface area contributed by atoms with E-state index in [-0.39, 0.29) is 5.78 Å². The zero-order valence-corrected chi connectivity index (χ0v) is 10.2. The number of aryl methyl sites for hydroxylation is 2. The highest BCUT2D eigenvalue weighted by molar-refractivity contribution is 6.33. The predicted molar refractivity (Wildman–Crippen MR) is 61.9 cm³/mol. The van der Waals surface area contributed by atoms with Gasteiger partial charge in [0.1, 0.15) is 11.5 Å². The highest BCUT2D eigenvalue weighted by Crippen LogP contribution is 2.34. The number of hydrogen-bond acceptors (Lipinski definition) is 2. The topological polar surface area (TPSA) is 26.3 Å². The van der Waals surface area contributed by atoms with Crippen LogP contribution in [0.4, 0.5) is 0 Å². The van der Waals surface area contributed by atoms with Crippen LogP contribution in [-0.2, 0) is 11.2 Å². The molecule has 0 saturated heterocycles. The first-order valence-corrected chi connectivity index (χ1v) is 5.17. The van der Waals surface area contributed by atoms with E-state index in [1.807, 2.05) is 19.9 Å². The molecule has 1 rings (SSSR count). The lowest BCUT2D eigenvalue weighted by atomic mass is 10.00. The lowest BCUT2D eigenvalue weighted by Gasteiger charge is -2.14. The summed E-state index contributed by atoms with van der Waals surface area (Å²) in [6.45, 7) is 5.45. The van der Waals surface area contributed by atoms with Crippen LogP contribution < -0.4 is 4.74 Å². The number of carbonyl (C=O) groups is 1. The van der Waals surface area contributed by atoms with E-state index in [0.717, 1.165) is 16.7 Å². The van der Waals surface area contributed by atoms with Gasteiger partial charge in [-0.05, 0) is 31.9 Å². The van der Waals surface area contributed by atoms with Gasteiger partial charge in [-0.25, -0.2) is 0 Å². The van der Waals surface area contributed by atoms with Crippen LogP contribution in [0.25, 0.3) is 0 Å². The molecule has 0 N–H and O–H groups in total. The van der Waals surface area contributed by atoms with E-state index in [2.05, 4.69) is 0 Å². The van der Waals surface area contributed by atoms with Crippen molar-refractivity contribution in [1.29, 1.82) is 0 Å². The molecule has 0 heterocycles. The Balaban J connectivity index is 3.35. The number of benzene rings is 1. The van der Waals surface area contributed by atoms with E-state index in [0.29, 0.717) is 17.2 Å². The normalized spacial score (nSPS) is 10.2. The molecule has 1 aromatic rings. The third kappa shape index (κ3) is 2.51. The van der Waals surface area contributed by atoms with Crippen LogP contribution in [0.15, 0.2) is 6.07 Å². The highest BCUT2D eigenvalue weighted by atomic mass is 35.5. The summed E-state index contributed by atoms with van der Waals surface area (Å²) in [4.78, 5) is 11.1. The largest absolute Gasteiger partial charge is 0.495 e. The van der Waals surface area contributed by atoms with E-state index in [1.165, 1.54) is 0 Å². The van der Waals surface area contributed by atoms with Crippen LogP contribution in [0.5, 0.6) is 5.75 Å². The van der Waals surface area contributed by atoms with Gasteiger partial charge in [0, 0.05) is 12.0 Å². The van der Waals surface area contributed by atoms with Crippen molar-refractivity contribution in [2.24, 2.45) is 0 Å². The molecule has 0 saturated carbocycles. The molecule has 0 aliphatic heterocycles. The fraction of sp³-hybridized carbons (Fsp3) is 0.417. The third-order valence-corrected chi connectivity index (χ3v) is 2.83. The summed E-state index contributed by atoms with van der Waals surface area (Å²) >= 11 is 6.12. The number of rotatable bonds is 3. The first-order chi connectivity index (χ1) is 6.97. The lowest BCUT2D eigenvalue weighted by Crippen LogP contribution is -2.03. The molecule has 0 aliphatic carbocycles. The van der Waals surface area contributed by atoms with Gasteiger partial charge >= 0.3 is 0 Å². The van der Waals surface area contributed by atoms with Crippen LogP contribution in [0, 0.1) is 13.8 Å². The van der Waals surface area contributed by atoms with Gasteiger partial charge in [-0.15, -0.1) is 0 Å². The van der Waals surface area contributed by atoms with Gasteiger partial charge in [0.25, 0.3) is 0 Å². The molecule has 0 bridgehead atoms. The molecule has 2 nitrogen and oxygen atoms in total. The second-order valence-electron chi connectivity index (χ2n) is 3.71. The smallest absolute Gasteiger partial charge is 0.141 e. The molecule has 3 heteroatoms. The Bertz CT molecular complexity index is 397. The molecule has 0 unspecified atom stereocenters. The summed E-state index contributed by atoms with van der Waals surface area (Å²) in [5.74, 6) is 0.737. The maximum absolute atomic E-state index is 11.1. The van der Waals surface area contributed by atoms with Crippen molar-refractivity contribution in [3.05, 3.63) is 27.8 Å². The fourth-order valence-electron chi connectivity index (χ4n) is 1.65. The summed E-state index contributed by atoms with van der Waals surface area (Å²) in [7, 11) is 1.57.